The van der Waals surface area contributed by atoms with Crippen molar-refractivity contribution in [2.75, 3.05) is 12.8 Å². The van der Waals surface area contributed by atoms with E-state index in [-0.39, 0.29) is 0 Å². The van der Waals surface area contributed by atoms with E-state index < -0.39 is 0 Å². The van der Waals surface area contributed by atoms with E-state index >= 15 is 0 Å². The molecular weight excluding hydrogens is 290 g/mol. The lowest BCUT2D eigenvalue weighted by Crippen LogP contribution is -1.98. The molecule has 0 fully saturated rings. The minimum atomic E-state index is 0.553. The average molecular weight is 303 g/mol. The van der Waals surface area contributed by atoms with E-state index in [9.17, 15) is 0 Å². The number of rotatable bonds is 4. The molecule has 0 saturated heterocycles. The van der Waals surface area contributed by atoms with Crippen LogP contribution in [0.3, 0.4) is 0 Å². The number of benzene rings is 1. The first kappa shape index (κ1) is 13.2. The summed E-state index contributed by atoms with van der Waals surface area (Å²) in [4.78, 5) is 10.9. The number of methoxy groups -OCH3 is 1. The Kier molecular flexibility index (Phi) is 3.75. The van der Waals surface area contributed by atoms with Crippen molar-refractivity contribution in [3.8, 4) is 5.75 Å². The number of hydrogen-bond donors (Lipinski definition) is 1. The maximum absolute atomic E-state index is 5.94. The highest BCUT2D eigenvalue weighted by Crippen LogP contribution is 2.28. The largest absolute Gasteiger partial charge is 0.497 e. The highest BCUT2D eigenvalue weighted by molar-refractivity contribution is 7.98. The predicted molar refractivity (Wildman–Crippen MR) is 84.4 cm³/mol. The van der Waals surface area contributed by atoms with Crippen LogP contribution >= 0.6 is 23.1 Å². The minimum absolute atomic E-state index is 0.553. The monoisotopic (exact) mass is 303 g/mol. The van der Waals surface area contributed by atoms with Crippen molar-refractivity contribution in [3.63, 3.8) is 0 Å². The van der Waals surface area contributed by atoms with Gasteiger partial charge < -0.3 is 10.5 Å². The lowest BCUT2D eigenvalue weighted by molar-refractivity contribution is 0.413. The van der Waals surface area contributed by atoms with Crippen molar-refractivity contribution in [2.24, 2.45) is 0 Å². The summed E-state index contributed by atoms with van der Waals surface area (Å²) in [5.41, 5.74) is 5.94. The van der Waals surface area contributed by atoms with Crippen LogP contribution < -0.4 is 10.5 Å². The Bertz CT molecular complexity index is 742. The predicted octanol–water partition coefficient (Wildman–Crippen LogP) is 3.57. The summed E-state index contributed by atoms with van der Waals surface area (Å²) >= 11 is 3.25. The lowest BCUT2D eigenvalue weighted by atomic mass is 10.3. The third-order valence-electron chi connectivity index (χ3n) is 2.81. The third kappa shape index (κ3) is 2.71. The Morgan fingerprint density at radius 1 is 1.30 bits per heavy atom. The molecule has 0 atom stereocenters. The van der Waals surface area contributed by atoms with E-state index in [1.54, 1.807) is 30.2 Å². The Morgan fingerprint density at radius 2 is 2.20 bits per heavy atom. The Hall–Kier alpha value is -1.79. The summed E-state index contributed by atoms with van der Waals surface area (Å²) in [5.74, 6) is 2.84. The Morgan fingerprint density at radius 3 is 3.05 bits per heavy atom. The molecule has 0 aliphatic rings. The van der Waals surface area contributed by atoms with Gasteiger partial charge in [0.2, 0.25) is 0 Å². The molecule has 0 spiro atoms. The number of ether oxygens (including phenoxy) is 1. The van der Waals surface area contributed by atoms with Gasteiger partial charge in [-0.3, -0.25) is 0 Å². The summed E-state index contributed by atoms with van der Waals surface area (Å²) < 4.78 is 5.21. The van der Waals surface area contributed by atoms with Crippen LogP contribution in [0.15, 0.2) is 40.6 Å². The van der Waals surface area contributed by atoms with Gasteiger partial charge in [0.15, 0.2) is 0 Å². The summed E-state index contributed by atoms with van der Waals surface area (Å²) in [7, 11) is 1.66. The van der Waals surface area contributed by atoms with Crippen LogP contribution in [0, 0.1) is 0 Å². The van der Waals surface area contributed by atoms with E-state index in [0.29, 0.717) is 11.6 Å². The summed E-state index contributed by atoms with van der Waals surface area (Å²) in [6, 6.07) is 9.89. The minimum Gasteiger partial charge on any atom is -0.497 e. The molecule has 0 amide bonds. The second-order valence-electron chi connectivity index (χ2n) is 4.13. The van der Waals surface area contributed by atoms with Crippen LogP contribution in [0.4, 0.5) is 5.82 Å². The fourth-order valence-electron chi connectivity index (χ4n) is 1.83. The molecule has 0 bridgehead atoms. The number of fused-ring (bicyclic) bond motifs is 1. The van der Waals surface area contributed by atoms with Gasteiger partial charge in [-0.15, -0.1) is 23.1 Å². The van der Waals surface area contributed by atoms with E-state index in [0.717, 1.165) is 26.7 Å². The lowest BCUT2D eigenvalue weighted by Gasteiger charge is -2.05. The van der Waals surface area contributed by atoms with E-state index in [1.165, 1.54) is 0 Å². The molecule has 2 N–H and O–H groups in total. The second-order valence-corrected chi connectivity index (χ2v) is 6.08. The molecule has 0 saturated carbocycles. The van der Waals surface area contributed by atoms with Gasteiger partial charge in [0.25, 0.3) is 0 Å². The first-order chi connectivity index (χ1) is 9.76. The van der Waals surface area contributed by atoms with Crippen LogP contribution in [-0.4, -0.2) is 17.1 Å². The molecule has 2 heterocycles. The van der Waals surface area contributed by atoms with Gasteiger partial charge in [0.1, 0.15) is 22.2 Å². The maximum Gasteiger partial charge on any atom is 0.142 e. The topological polar surface area (TPSA) is 61.0 Å². The van der Waals surface area contributed by atoms with Crippen LogP contribution in [0.25, 0.3) is 10.2 Å². The summed E-state index contributed by atoms with van der Waals surface area (Å²) in [6.07, 6.45) is 0. The highest BCUT2D eigenvalue weighted by Gasteiger charge is 2.07. The normalized spacial score (nSPS) is 10.8. The first-order valence-electron chi connectivity index (χ1n) is 6.03. The number of nitrogens with zero attached hydrogens (tertiary/aromatic N) is 2. The molecule has 4 nitrogen and oxygen atoms in total. The van der Waals surface area contributed by atoms with Crippen molar-refractivity contribution in [1.82, 2.24) is 9.97 Å². The number of thioether (sulfide) groups is 1. The molecule has 3 rings (SSSR count). The van der Waals surface area contributed by atoms with Gasteiger partial charge in [0.05, 0.1) is 18.2 Å². The molecule has 6 heteroatoms. The molecule has 2 aromatic heterocycles. The zero-order chi connectivity index (χ0) is 13.9. The quantitative estimate of drug-likeness (QED) is 0.747. The van der Waals surface area contributed by atoms with Crippen molar-refractivity contribution < 1.29 is 4.74 Å². The number of aromatic nitrogens is 2. The fourth-order valence-corrected chi connectivity index (χ4v) is 3.42. The maximum atomic E-state index is 5.94. The zero-order valence-corrected chi connectivity index (χ0v) is 12.5. The molecule has 3 aromatic rings. The van der Waals surface area contributed by atoms with Gasteiger partial charge in [0, 0.05) is 4.90 Å². The summed E-state index contributed by atoms with van der Waals surface area (Å²) in [5, 5.41) is 2.92. The van der Waals surface area contributed by atoms with E-state index in [1.807, 2.05) is 35.7 Å². The average Bonchev–Trinajstić information content (AvgIpc) is 2.94. The molecule has 0 aliphatic heterocycles. The standard InChI is InChI=1S/C14H13N3OS2/c1-18-9-3-2-4-10(7-9)20-8-12-16-13(15)11-5-6-19-14(11)17-12/h2-7H,8H2,1H3,(H2,15,16,17). The van der Waals surface area contributed by atoms with Gasteiger partial charge in [-0.25, -0.2) is 9.97 Å². The van der Waals surface area contributed by atoms with Crippen LogP contribution in [0.5, 0.6) is 5.75 Å². The fraction of sp³-hybridized carbons (Fsp3) is 0.143. The van der Waals surface area contributed by atoms with Crippen LogP contribution in [0.1, 0.15) is 5.82 Å². The molecule has 1 aromatic carbocycles. The Balaban J connectivity index is 1.79. The number of hydrogen-bond acceptors (Lipinski definition) is 6. The van der Waals surface area contributed by atoms with Crippen LogP contribution in [-0.2, 0) is 5.75 Å². The number of nitrogens with two attached hydrogens (primary N) is 1. The van der Waals surface area contributed by atoms with Gasteiger partial charge >= 0.3 is 0 Å². The number of nitrogen functional groups attached to an aromatic ring is 1. The molecule has 0 radical (unpaired) electrons. The van der Waals surface area contributed by atoms with Crippen molar-refractivity contribution in [1.29, 1.82) is 0 Å². The third-order valence-corrected chi connectivity index (χ3v) is 4.61. The van der Waals surface area contributed by atoms with E-state index in [2.05, 4.69) is 9.97 Å². The molecule has 20 heavy (non-hydrogen) atoms. The second kappa shape index (κ2) is 5.68. The molecule has 102 valence electrons. The van der Waals surface area contributed by atoms with Gasteiger partial charge in [-0.1, -0.05) is 6.07 Å². The Labute approximate surface area is 125 Å². The van der Waals surface area contributed by atoms with Gasteiger partial charge in [-0.05, 0) is 29.6 Å². The van der Waals surface area contributed by atoms with Gasteiger partial charge in [-0.2, -0.15) is 0 Å². The number of anilines is 1. The highest BCUT2D eigenvalue weighted by atomic mass is 32.2. The first-order valence-corrected chi connectivity index (χ1v) is 7.89. The van der Waals surface area contributed by atoms with Crippen LogP contribution in [0.2, 0.25) is 0 Å². The van der Waals surface area contributed by atoms with Crippen molar-refractivity contribution in [3.05, 3.63) is 41.5 Å². The van der Waals surface area contributed by atoms with Crippen molar-refractivity contribution >= 4 is 39.1 Å². The zero-order valence-electron chi connectivity index (χ0n) is 10.9. The summed E-state index contributed by atoms with van der Waals surface area (Å²) in [6.45, 7) is 0. The van der Waals surface area contributed by atoms with Crippen molar-refractivity contribution in [2.45, 2.75) is 10.6 Å². The molecule has 0 unspecified atom stereocenters. The number of thiophene rings is 1. The van der Waals surface area contributed by atoms with E-state index in [4.69, 9.17) is 10.5 Å². The SMILES string of the molecule is COc1cccc(SCc2nc(N)c3ccsc3n2)c1. The molecular formula is C14H13N3OS2. The molecule has 0 aliphatic carbocycles. The smallest absolute Gasteiger partial charge is 0.142 e.